The molecule has 2 fully saturated rings. The molecule has 2 aliphatic rings. The number of rotatable bonds is 6. The first kappa shape index (κ1) is 25.2. The average Bonchev–Trinajstić information content (AvgIpc) is 2.86. The van der Waals surface area contributed by atoms with Gasteiger partial charge in [-0.15, -0.1) is 0 Å². The van der Waals surface area contributed by atoms with E-state index in [2.05, 4.69) is 42.3 Å². The lowest BCUT2D eigenvalue weighted by atomic mass is 9.94. The molecule has 0 radical (unpaired) electrons. The number of likely N-dealkylation sites (tertiary alicyclic amines) is 1. The van der Waals surface area contributed by atoms with E-state index < -0.39 is 0 Å². The first-order valence-corrected chi connectivity index (χ1v) is 12.8. The Morgan fingerprint density at radius 1 is 1.00 bits per heavy atom. The topological polar surface area (TPSA) is 79.6 Å². The Morgan fingerprint density at radius 2 is 1.74 bits per heavy atom. The minimum atomic E-state index is -0.344. The molecular formula is C27H39N5O3. The number of piperidine rings is 2. The van der Waals surface area contributed by atoms with Crippen molar-refractivity contribution < 1.29 is 4.79 Å². The van der Waals surface area contributed by atoms with Crippen LogP contribution in [0.1, 0.15) is 42.4 Å². The third-order valence-electron chi connectivity index (χ3n) is 7.79. The fraction of sp³-hybridized carbons (Fsp3) is 0.593. The molecule has 0 saturated carbocycles. The average molecular weight is 482 g/mol. The maximum Gasteiger partial charge on any atom is 0.332 e. The highest BCUT2D eigenvalue weighted by Gasteiger charge is 2.28. The SMILES string of the molecule is Cc1ccc(C)c(CN2CCC(CNC(=O)C3CCCN(c4cc(=O)n(C)c(=O)n4C)C3)CC2)c1. The molecule has 2 aliphatic heterocycles. The Bertz CT molecular complexity index is 1180. The van der Waals surface area contributed by atoms with E-state index in [0.717, 1.165) is 63.0 Å². The standard InChI is InChI=1S/C27H39N5O3/c1-19-7-8-20(2)23(14-19)17-31-12-9-21(10-13-31)16-28-26(34)22-6-5-11-32(18-22)24-15-25(33)30(4)27(35)29(24)3/h7-8,14-15,21-22H,5-6,9-13,16-18H2,1-4H3,(H,28,34). The van der Waals surface area contributed by atoms with Crippen LogP contribution in [0.4, 0.5) is 5.82 Å². The van der Waals surface area contributed by atoms with E-state index in [9.17, 15) is 14.4 Å². The normalized spacial score (nSPS) is 19.7. The van der Waals surface area contributed by atoms with E-state index in [0.29, 0.717) is 18.3 Å². The number of carbonyl (C=O) groups excluding carboxylic acids is 1. The van der Waals surface area contributed by atoms with Gasteiger partial charge in [-0.05, 0) is 69.7 Å². The monoisotopic (exact) mass is 481 g/mol. The molecule has 35 heavy (non-hydrogen) atoms. The molecule has 1 aromatic heterocycles. The van der Waals surface area contributed by atoms with Crippen LogP contribution in [0.3, 0.4) is 0 Å². The van der Waals surface area contributed by atoms with Crippen molar-refractivity contribution in [2.75, 3.05) is 37.6 Å². The molecule has 1 atom stereocenters. The van der Waals surface area contributed by atoms with Crippen LogP contribution in [0.5, 0.6) is 0 Å². The number of benzene rings is 1. The summed E-state index contributed by atoms with van der Waals surface area (Å²) in [6.07, 6.45) is 3.88. The van der Waals surface area contributed by atoms with E-state index >= 15 is 0 Å². The predicted molar refractivity (Wildman–Crippen MR) is 139 cm³/mol. The maximum atomic E-state index is 13.0. The molecule has 0 aliphatic carbocycles. The van der Waals surface area contributed by atoms with Gasteiger partial charge in [0.05, 0.1) is 5.92 Å². The zero-order valence-electron chi connectivity index (χ0n) is 21.5. The number of anilines is 1. The van der Waals surface area contributed by atoms with Crippen molar-refractivity contribution in [1.29, 1.82) is 0 Å². The lowest BCUT2D eigenvalue weighted by molar-refractivity contribution is -0.125. The summed E-state index contributed by atoms with van der Waals surface area (Å²) in [6, 6.07) is 8.16. The molecule has 1 amide bonds. The number of hydrogen-bond donors (Lipinski definition) is 1. The van der Waals surface area contributed by atoms with E-state index in [1.807, 2.05) is 4.90 Å². The summed E-state index contributed by atoms with van der Waals surface area (Å²) in [7, 11) is 3.16. The summed E-state index contributed by atoms with van der Waals surface area (Å²) in [4.78, 5) is 42.0. The van der Waals surface area contributed by atoms with E-state index in [-0.39, 0.29) is 23.1 Å². The van der Waals surface area contributed by atoms with Crippen molar-refractivity contribution in [3.8, 4) is 0 Å². The van der Waals surface area contributed by atoms with Gasteiger partial charge in [0.1, 0.15) is 5.82 Å². The zero-order valence-corrected chi connectivity index (χ0v) is 21.5. The summed E-state index contributed by atoms with van der Waals surface area (Å²) < 4.78 is 2.60. The molecule has 2 saturated heterocycles. The van der Waals surface area contributed by atoms with Gasteiger partial charge in [-0.2, -0.15) is 0 Å². The number of hydrogen-bond acceptors (Lipinski definition) is 5. The molecular weight excluding hydrogens is 442 g/mol. The molecule has 8 nitrogen and oxygen atoms in total. The molecule has 1 N–H and O–H groups in total. The second kappa shape index (κ2) is 10.8. The number of aryl methyl sites for hydroxylation is 2. The lowest BCUT2D eigenvalue weighted by Crippen LogP contribution is -2.47. The van der Waals surface area contributed by atoms with Crippen LogP contribution in [-0.4, -0.2) is 52.7 Å². The molecule has 2 aromatic rings. The van der Waals surface area contributed by atoms with Gasteiger partial charge in [-0.3, -0.25) is 23.6 Å². The van der Waals surface area contributed by atoms with Crippen LogP contribution >= 0.6 is 0 Å². The number of nitrogens with one attached hydrogen (secondary N) is 1. The zero-order chi connectivity index (χ0) is 25.1. The van der Waals surface area contributed by atoms with Crippen molar-refractivity contribution in [2.45, 2.75) is 46.1 Å². The van der Waals surface area contributed by atoms with Gasteiger partial charge in [0.15, 0.2) is 0 Å². The van der Waals surface area contributed by atoms with Crippen molar-refractivity contribution in [2.24, 2.45) is 25.9 Å². The summed E-state index contributed by atoms with van der Waals surface area (Å²) in [6.45, 7) is 9.42. The quantitative estimate of drug-likeness (QED) is 0.682. The largest absolute Gasteiger partial charge is 0.357 e. The molecule has 8 heteroatoms. The summed E-state index contributed by atoms with van der Waals surface area (Å²) in [5.41, 5.74) is 3.40. The van der Waals surface area contributed by atoms with E-state index in [1.54, 1.807) is 7.05 Å². The predicted octanol–water partition coefficient (Wildman–Crippen LogP) is 1.95. The van der Waals surface area contributed by atoms with Crippen LogP contribution < -0.4 is 21.5 Å². The number of nitrogens with zero attached hydrogens (tertiary/aromatic N) is 4. The summed E-state index contributed by atoms with van der Waals surface area (Å²) in [5.74, 6) is 1.05. The summed E-state index contributed by atoms with van der Waals surface area (Å²) >= 11 is 0. The Hall–Kier alpha value is -2.87. The molecule has 0 bridgehead atoms. The van der Waals surface area contributed by atoms with Crippen LogP contribution in [0, 0.1) is 25.7 Å². The first-order valence-electron chi connectivity index (χ1n) is 12.8. The minimum absolute atomic E-state index is 0.0846. The Morgan fingerprint density at radius 3 is 2.49 bits per heavy atom. The molecule has 190 valence electrons. The maximum absolute atomic E-state index is 13.0. The van der Waals surface area contributed by atoms with Crippen molar-refractivity contribution >= 4 is 11.7 Å². The molecule has 1 aromatic carbocycles. The second-order valence-corrected chi connectivity index (χ2v) is 10.4. The third-order valence-corrected chi connectivity index (χ3v) is 7.79. The van der Waals surface area contributed by atoms with Gasteiger partial charge in [-0.25, -0.2) is 4.79 Å². The van der Waals surface area contributed by atoms with Gasteiger partial charge in [0.25, 0.3) is 5.56 Å². The molecule has 1 unspecified atom stereocenters. The van der Waals surface area contributed by atoms with Gasteiger partial charge in [0, 0.05) is 46.3 Å². The lowest BCUT2D eigenvalue weighted by Gasteiger charge is -2.35. The second-order valence-electron chi connectivity index (χ2n) is 10.4. The van der Waals surface area contributed by atoms with Gasteiger partial charge in [-0.1, -0.05) is 23.8 Å². The van der Waals surface area contributed by atoms with Crippen molar-refractivity contribution in [3.63, 3.8) is 0 Å². The Balaban J connectivity index is 1.27. The van der Waals surface area contributed by atoms with Crippen LogP contribution in [0.15, 0.2) is 33.9 Å². The van der Waals surface area contributed by atoms with Crippen LogP contribution in [0.25, 0.3) is 0 Å². The molecule has 0 spiro atoms. The van der Waals surface area contributed by atoms with Gasteiger partial charge in [0.2, 0.25) is 5.91 Å². The summed E-state index contributed by atoms with van der Waals surface area (Å²) in [5, 5.41) is 3.20. The van der Waals surface area contributed by atoms with Crippen molar-refractivity contribution in [1.82, 2.24) is 19.4 Å². The fourth-order valence-electron chi connectivity index (χ4n) is 5.37. The van der Waals surface area contributed by atoms with E-state index in [4.69, 9.17) is 0 Å². The van der Waals surface area contributed by atoms with Crippen LogP contribution in [-0.2, 0) is 25.4 Å². The van der Waals surface area contributed by atoms with Gasteiger partial charge < -0.3 is 10.2 Å². The Labute approximate surface area is 207 Å². The minimum Gasteiger partial charge on any atom is -0.357 e. The number of amides is 1. The highest BCUT2D eigenvalue weighted by molar-refractivity contribution is 5.79. The fourth-order valence-corrected chi connectivity index (χ4v) is 5.37. The number of carbonyl (C=O) groups is 1. The third kappa shape index (κ3) is 5.86. The van der Waals surface area contributed by atoms with Gasteiger partial charge >= 0.3 is 5.69 Å². The highest BCUT2D eigenvalue weighted by atomic mass is 16.2. The van der Waals surface area contributed by atoms with Crippen molar-refractivity contribution in [3.05, 3.63) is 61.8 Å². The molecule has 3 heterocycles. The smallest absolute Gasteiger partial charge is 0.332 e. The first-order chi connectivity index (χ1) is 16.7. The number of aromatic nitrogens is 2. The van der Waals surface area contributed by atoms with E-state index in [1.165, 1.54) is 34.4 Å². The Kier molecular flexibility index (Phi) is 7.79. The molecule has 4 rings (SSSR count). The highest BCUT2D eigenvalue weighted by Crippen LogP contribution is 2.23. The van der Waals surface area contributed by atoms with Crippen LogP contribution in [0.2, 0.25) is 0 Å².